The summed E-state index contributed by atoms with van der Waals surface area (Å²) in [5.41, 5.74) is 1.01. The molecule has 0 saturated carbocycles. The van der Waals surface area contributed by atoms with E-state index in [0.717, 1.165) is 12.8 Å². The highest BCUT2D eigenvalue weighted by Gasteiger charge is 2.43. The van der Waals surface area contributed by atoms with E-state index in [2.05, 4.69) is 26.0 Å². The first-order valence-electron chi connectivity index (χ1n) is 10.8. The molecule has 9 heteroatoms. The van der Waals surface area contributed by atoms with Crippen LogP contribution in [0.2, 0.25) is 0 Å². The molecule has 0 radical (unpaired) electrons. The van der Waals surface area contributed by atoms with Crippen LogP contribution in [0.5, 0.6) is 5.75 Å². The van der Waals surface area contributed by atoms with E-state index < -0.39 is 0 Å². The molecule has 2 fully saturated rings. The number of piperazine rings is 1. The van der Waals surface area contributed by atoms with Gasteiger partial charge < -0.3 is 14.5 Å². The second kappa shape index (κ2) is 8.30. The quantitative estimate of drug-likeness (QED) is 0.614. The summed E-state index contributed by atoms with van der Waals surface area (Å²) in [6, 6.07) is 9.49. The zero-order valence-electron chi connectivity index (χ0n) is 17.8. The van der Waals surface area contributed by atoms with E-state index in [9.17, 15) is 10.1 Å². The van der Waals surface area contributed by atoms with Gasteiger partial charge in [-0.1, -0.05) is 0 Å². The van der Waals surface area contributed by atoms with Crippen LogP contribution in [0.15, 0.2) is 49.1 Å². The highest BCUT2D eigenvalue weighted by atomic mass is 16.5. The monoisotopic (exact) mass is 429 g/mol. The first-order valence-corrected chi connectivity index (χ1v) is 10.8. The topological polar surface area (TPSA) is 100 Å². The molecule has 2 unspecified atom stereocenters. The smallest absolute Gasteiger partial charge is 0.257 e. The number of aromatic nitrogens is 4. The van der Waals surface area contributed by atoms with E-state index in [0.29, 0.717) is 48.2 Å². The first kappa shape index (κ1) is 20.0. The lowest BCUT2D eigenvalue weighted by atomic mass is 10.1. The van der Waals surface area contributed by atoms with Gasteiger partial charge in [0.2, 0.25) is 0 Å². The number of amides is 1. The van der Waals surface area contributed by atoms with Gasteiger partial charge in [-0.3, -0.25) is 4.79 Å². The average Bonchev–Trinajstić information content (AvgIpc) is 3.45. The molecule has 5 rings (SSSR count). The fourth-order valence-electron chi connectivity index (χ4n) is 4.72. The normalized spacial score (nSPS) is 19.6. The largest absolute Gasteiger partial charge is 0.489 e. The van der Waals surface area contributed by atoms with Crippen LogP contribution in [0.3, 0.4) is 0 Å². The molecule has 2 aliphatic heterocycles. The Bertz CT molecular complexity index is 1160. The molecule has 3 aromatic rings. The number of hydrogen-bond acceptors (Lipinski definition) is 7. The molecule has 0 N–H and O–H groups in total. The summed E-state index contributed by atoms with van der Waals surface area (Å²) in [4.78, 5) is 26.6. The average molecular weight is 429 g/mol. The summed E-state index contributed by atoms with van der Waals surface area (Å²) in [5, 5.41) is 13.8. The summed E-state index contributed by atoms with van der Waals surface area (Å²) < 4.78 is 7.43. The number of ether oxygens (including phenoxy) is 1. The standard InChI is InChI=1S/C23H23N7O2/c1-2-32-20-16(13-24)8-11-26-22(20)30-17-6-7-18(30)15-28(14-17)23(31)19-5-3-9-25-21(19)29-12-4-10-27-29/h3-5,8-12,17-18H,2,6-7,14-15H2,1H3. The number of nitrogens with zero attached hydrogens (tertiary/aromatic N) is 7. The number of rotatable bonds is 5. The van der Waals surface area contributed by atoms with Gasteiger partial charge in [-0.25, -0.2) is 14.6 Å². The van der Waals surface area contributed by atoms with Crippen molar-refractivity contribution in [1.82, 2.24) is 24.6 Å². The maximum absolute atomic E-state index is 13.5. The molecule has 9 nitrogen and oxygen atoms in total. The Kier molecular flexibility index (Phi) is 5.19. The minimum absolute atomic E-state index is 0.0519. The van der Waals surface area contributed by atoms with E-state index in [1.807, 2.05) is 11.8 Å². The van der Waals surface area contributed by atoms with Crippen molar-refractivity contribution in [3.63, 3.8) is 0 Å². The van der Waals surface area contributed by atoms with Gasteiger partial charge >= 0.3 is 0 Å². The van der Waals surface area contributed by atoms with Gasteiger partial charge in [0.1, 0.15) is 6.07 Å². The Morgan fingerprint density at radius 1 is 1.12 bits per heavy atom. The number of hydrogen-bond donors (Lipinski definition) is 0. The second-order valence-electron chi connectivity index (χ2n) is 7.88. The number of anilines is 1. The van der Waals surface area contributed by atoms with Crippen LogP contribution < -0.4 is 9.64 Å². The molecule has 32 heavy (non-hydrogen) atoms. The molecular weight excluding hydrogens is 406 g/mol. The molecule has 0 aromatic carbocycles. The number of nitriles is 1. The van der Waals surface area contributed by atoms with Gasteiger partial charge in [0, 0.05) is 50.0 Å². The zero-order chi connectivity index (χ0) is 22.1. The third-order valence-corrected chi connectivity index (χ3v) is 6.05. The van der Waals surface area contributed by atoms with Gasteiger partial charge in [0.15, 0.2) is 17.4 Å². The summed E-state index contributed by atoms with van der Waals surface area (Å²) in [5.74, 6) is 1.70. The number of likely N-dealkylation sites (tertiary alicyclic amines) is 1. The van der Waals surface area contributed by atoms with Gasteiger partial charge in [0.05, 0.1) is 17.7 Å². The maximum Gasteiger partial charge on any atom is 0.257 e. The van der Waals surface area contributed by atoms with Crippen molar-refractivity contribution < 1.29 is 9.53 Å². The van der Waals surface area contributed by atoms with Crippen LogP contribution in [0.4, 0.5) is 5.82 Å². The van der Waals surface area contributed by atoms with Crippen molar-refractivity contribution >= 4 is 11.7 Å². The maximum atomic E-state index is 13.5. The summed E-state index contributed by atoms with van der Waals surface area (Å²) >= 11 is 0. The van der Waals surface area contributed by atoms with Crippen LogP contribution in [-0.2, 0) is 0 Å². The second-order valence-corrected chi connectivity index (χ2v) is 7.88. The van der Waals surface area contributed by atoms with E-state index in [1.165, 1.54) is 0 Å². The lowest BCUT2D eigenvalue weighted by molar-refractivity contribution is 0.0716. The number of pyridine rings is 2. The highest BCUT2D eigenvalue weighted by Crippen LogP contribution is 2.40. The van der Waals surface area contributed by atoms with Gasteiger partial charge in [-0.05, 0) is 44.0 Å². The van der Waals surface area contributed by atoms with E-state index in [-0.39, 0.29) is 18.0 Å². The molecule has 3 aromatic heterocycles. The molecular formula is C23H23N7O2. The van der Waals surface area contributed by atoms with Gasteiger partial charge in [-0.2, -0.15) is 10.4 Å². The van der Waals surface area contributed by atoms with Crippen LogP contribution in [0, 0.1) is 11.3 Å². The molecule has 5 heterocycles. The van der Waals surface area contributed by atoms with E-state index in [4.69, 9.17) is 4.74 Å². The lowest BCUT2D eigenvalue weighted by Crippen LogP contribution is -2.56. The third-order valence-electron chi connectivity index (χ3n) is 6.05. The SMILES string of the molecule is CCOc1c(C#N)ccnc1N1C2CCC1CN(C(=O)c1cccnc1-n1cccn1)C2. The Labute approximate surface area is 185 Å². The fraction of sp³-hybridized carbons (Fsp3) is 0.348. The molecule has 0 spiro atoms. The van der Waals surface area contributed by atoms with E-state index >= 15 is 0 Å². The molecule has 2 saturated heterocycles. The predicted molar refractivity (Wildman–Crippen MR) is 117 cm³/mol. The van der Waals surface area contributed by atoms with Gasteiger partial charge in [-0.15, -0.1) is 0 Å². The van der Waals surface area contributed by atoms with Crippen LogP contribution in [0.1, 0.15) is 35.7 Å². The van der Waals surface area contributed by atoms with E-state index in [1.54, 1.807) is 53.7 Å². The fourth-order valence-corrected chi connectivity index (χ4v) is 4.72. The van der Waals surface area contributed by atoms with Crippen LogP contribution in [0.25, 0.3) is 5.82 Å². The summed E-state index contributed by atoms with van der Waals surface area (Å²) in [6.07, 6.45) is 8.68. The Hall–Kier alpha value is -3.93. The van der Waals surface area contributed by atoms with Crippen LogP contribution >= 0.6 is 0 Å². The minimum Gasteiger partial charge on any atom is -0.489 e. The van der Waals surface area contributed by atoms with Crippen molar-refractivity contribution in [2.45, 2.75) is 31.8 Å². The van der Waals surface area contributed by atoms with Gasteiger partial charge in [0.25, 0.3) is 5.91 Å². The molecule has 2 aliphatic rings. The Morgan fingerprint density at radius 2 is 1.91 bits per heavy atom. The molecule has 2 atom stereocenters. The summed E-state index contributed by atoms with van der Waals surface area (Å²) in [6.45, 7) is 3.51. The third kappa shape index (κ3) is 3.34. The highest BCUT2D eigenvalue weighted by molar-refractivity contribution is 5.97. The predicted octanol–water partition coefficient (Wildman–Crippen LogP) is 2.43. The number of fused-ring (bicyclic) bond motifs is 2. The number of carbonyl (C=O) groups excluding carboxylic acids is 1. The van der Waals surface area contributed by atoms with Crippen molar-refractivity contribution in [2.75, 3.05) is 24.6 Å². The van der Waals surface area contributed by atoms with Crippen molar-refractivity contribution in [1.29, 1.82) is 5.26 Å². The molecule has 2 bridgehead atoms. The van der Waals surface area contributed by atoms with Crippen molar-refractivity contribution in [3.8, 4) is 17.6 Å². The number of carbonyl (C=O) groups is 1. The Morgan fingerprint density at radius 3 is 2.59 bits per heavy atom. The minimum atomic E-state index is -0.0519. The Balaban J connectivity index is 1.43. The van der Waals surface area contributed by atoms with Crippen LogP contribution in [-0.4, -0.2) is 62.3 Å². The molecule has 162 valence electrons. The molecule has 0 aliphatic carbocycles. The van der Waals surface area contributed by atoms with Crippen molar-refractivity contribution in [3.05, 3.63) is 60.2 Å². The lowest BCUT2D eigenvalue weighted by Gasteiger charge is -2.42. The summed E-state index contributed by atoms with van der Waals surface area (Å²) in [7, 11) is 0. The first-order chi connectivity index (χ1) is 15.7. The molecule has 1 amide bonds. The zero-order valence-corrected chi connectivity index (χ0v) is 17.8. The van der Waals surface area contributed by atoms with Crippen molar-refractivity contribution in [2.24, 2.45) is 0 Å².